The van der Waals surface area contributed by atoms with Crippen molar-refractivity contribution in [3.63, 3.8) is 0 Å². The van der Waals surface area contributed by atoms with Crippen molar-refractivity contribution in [3.8, 4) is 5.75 Å². The number of phenolic OH excluding ortho intramolecular Hbond substituents is 1. The zero-order chi connectivity index (χ0) is 18.6. The van der Waals surface area contributed by atoms with E-state index in [0.29, 0.717) is 0 Å². The lowest BCUT2D eigenvalue weighted by molar-refractivity contribution is -0.140. The average Bonchev–Trinajstić information content (AvgIpc) is 2.65. The number of esters is 3. The van der Waals surface area contributed by atoms with Gasteiger partial charge in [0.1, 0.15) is 18.2 Å². The second kappa shape index (κ2) is 7.67. The largest absolute Gasteiger partial charge is 0.506 e. The number of hydrogen-bond acceptors (Lipinski definition) is 9. The van der Waals surface area contributed by atoms with Gasteiger partial charge in [0, 0.05) is 0 Å². The molecule has 1 N–H and O–H groups in total. The second-order valence-electron chi connectivity index (χ2n) is 4.91. The van der Waals surface area contributed by atoms with Crippen molar-refractivity contribution in [1.29, 1.82) is 0 Å². The third kappa shape index (κ3) is 3.56. The Kier molecular flexibility index (Phi) is 5.60. The van der Waals surface area contributed by atoms with E-state index in [9.17, 15) is 19.5 Å². The van der Waals surface area contributed by atoms with Gasteiger partial charge >= 0.3 is 17.9 Å². The third-order valence-corrected chi connectivity index (χ3v) is 3.52. The number of aromatic hydroxyl groups is 1. The molecule has 0 spiro atoms. The summed E-state index contributed by atoms with van der Waals surface area (Å²) in [5.74, 6) is -2.48. The number of anilines is 1. The molecule has 1 aromatic carbocycles. The van der Waals surface area contributed by atoms with Crippen LogP contribution in [0.15, 0.2) is 29.5 Å². The molecular formula is C16H17NO8. The van der Waals surface area contributed by atoms with Gasteiger partial charge in [-0.05, 0) is 18.2 Å². The van der Waals surface area contributed by atoms with Crippen LogP contribution in [0.3, 0.4) is 0 Å². The molecule has 0 atom stereocenters. The molecule has 0 fully saturated rings. The van der Waals surface area contributed by atoms with Gasteiger partial charge in [-0.15, -0.1) is 0 Å². The van der Waals surface area contributed by atoms with E-state index in [1.165, 1.54) is 37.3 Å². The molecule has 0 aliphatic carbocycles. The van der Waals surface area contributed by atoms with Gasteiger partial charge < -0.3 is 29.0 Å². The molecule has 0 unspecified atom stereocenters. The number of phenols is 1. The van der Waals surface area contributed by atoms with Gasteiger partial charge in [-0.25, -0.2) is 14.4 Å². The van der Waals surface area contributed by atoms with Gasteiger partial charge in [-0.1, -0.05) is 0 Å². The molecular weight excluding hydrogens is 334 g/mol. The molecule has 0 aromatic heterocycles. The summed E-state index contributed by atoms with van der Waals surface area (Å²) in [6.45, 7) is -0.259. The van der Waals surface area contributed by atoms with Crippen LogP contribution in [-0.4, -0.2) is 57.7 Å². The molecule has 0 radical (unpaired) electrons. The van der Waals surface area contributed by atoms with Crippen LogP contribution in [0.4, 0.5) is 5.69 Å². The van der Waals surface area contributed by atoms with E-state index in [0.717, 1.165) is 7.11 Å². The first-order valence-electron chi connectivity index (χ1n) is 7.11. The Bertz CT molecular complexity index is 740. The SMILES string of the molecule is COC(=O)C1=C(C(=O)OC)N(c2ccc(C(=O)OC)cc2O)COC1. The van der Waals surface area contributed by atoms with Crippen molar-refractivity contribution in [2.45, 2.75) is 0 Å². The van der Waals surface area contributed by atoms with Crippen molar-refractivity contribution in [1.82, 2.24) is 0 Å². The predicted molar refractivity (Wildman–Crippen MR) is 83.8 cm³/mol. The summed E-state index contributed by atoms with van der Waals surface area (Å²) in [5, 5.41) is 10.2. The standard InChI is InChI=1S/C16H17NO8/c1-22-14(19)9-4-5-11(12(18)6-9)17-8-25-7-10(15(20)23-2)13(17)16(21)24-3/h4-6,18H,7-8H2,1-3H3. The monoisotopic (exact) mass is 351 g/mol. The molecule has 2 rings (SSSR count). The van der Waals surface area contributed by atoms with Crippen LogP contribution in [0, 0.1) is 0 Å². The highest BCUT2D eigenvalue weighted by Crippen LogP contribution is 2.34. The molecule has 25 heavy (non-hydrogen) atoms. The zero-order valence-corrected chi connectivity index (χ0v) is 13.9. The van der Waals surface area contributed by atoms with Gasteiger partial charge in [0.05, 0.1) is 44.8 Å². The van der Waals surface area contributed by atoms with Crippen LogP contribution < -0.4 is 4.90 Å². The lowest BCUT2D eigenvalue weighted by Gasteiger charge is -2.31. The van der Waals surface area contributed by atoms with Gasteiger partial charge in [-0.2, -0.15) is 0 Å². The van der Waals surface area contributed by atoms with Crippen LogP contribution in [0.1, 0.15) is 10.4 Å². The van der Waals surface area contributed by atoms with Crippen LogP contribution in [0.25, 0.3) is 0 Å². The summed E-state index contributed by atoms with van der Waals surface area (Å²) >= 11 is 0. The number of ether oxygens (including phenoxy) is 4. The minimum absolute atomic E-state index is 0.0444. The summed E-state index contributed by atoms with van der Waals surface area (Å²) < 4.78 is 19.3. The van der Waals surface area contributed by atoms with Gasteiger partial charge in [0.2, 0.25) is 0 Å². The lowest BCUT2D eigenvalue weighted by Crippen LogP contribution is -2.38. The molecule has 0 bridgehead atoms. The van der Waals surface area contributed by atoms with E-state index in [1.54, 1.807) is 0 Å². The number of carbonyl (C=O) groups excluding carboxylic acids is 3. The van der Waals surface area contributed by atoms with E-state index >= 15 is 0 Å². The van der Waals surface area contributed by atoms with Gasteiger partial charge in [0.25, 0.3) is 0 Å². The van der Waals surface area contributed by atoms with Crippen molar-refractivity contribution in [2.24, 2.45) is 0 Å². The molecule has 1 aliphatic heterocycles. The van der Waals surface area contributed by atoms with E-state index in [-0.39, 0.29) is 41.6 Å². The van der Waals surface area contributed by atoms with E-state index in [4.69, 9.17) is 9.47 Å². The molecule has 1 aromatic rings. The second-order valence-corrected chi connectivity index (χ2v) is 4.91. The topological polar surface area (TPSA) is 112 Å². The average molecular weight is 351 g/mol. The van der Waals surface area contributed by atoms with Crippen LogP contribution in [0.5, 0.6) is 5.75 Å². The Labute approximate surface area is 143 Å². The molecule has 0 saturated carbocycles. The van der Waals surface area contributed by atoms with Crippen molar-refractivity contribution >= 4 is 23.6 Å². The maximum Gasteiger partial charge on any atom is 0.355 e. The number of hydrogen-bond donors (Lipinski definition) is 1. The van der Waals surface area contributed by atoms with Crippen molar-refractivity contribution in [3.05, 3.63) is 35.0 Å². The van der Waals surface area contributed by atoms with Crippen LogP contribution >= 0.6 is 0 Å². The van der Waals surface area contributed by atoms with Gasteiger partial charge in [0.15, 0.2) is 0 Å². The Morgan fingerprint density at radius 3 is 2.24 bits per heavy atom. The van der Waals surface area contributed by atoms with E-state index < -0.39 is 17.9 Å². The number of benzene rings is 1. The minimum atomic E-state index is -0.792. The Morgan fingerprint density at radius 1 is 1.04 bits per heavy atom. The Balaban J connectivity index is 2.54. The van der Waals surface area contributed by atoms with Gasteiger partial charge in [-0.3, -0.25) is 0 Å². The molecule has 1 heterocycles. The maximum atomic E-state index is 12.2. The van der Waals surface area contributed by atoms with E-state index in [1.807, 2.05) is 0 Å². The fraction of sp³-hybridized carbons (Fsp3) is 0.312. The summed E-state index contributed by atoms with van der Waals surface area (Å²) in [5.41, 5.74) is 0.117. The summed E-state index contributed by atoms with van der Waals surface area (Å²) in [6.07, 6.45) is 0. The first kappa shape index (κ1) is 18.3. The quantitative estimate of drug-likeness (QED) is 0.614. The molecule has 1 aliphatic rings. The Hall–Kier alpha value is -3.07. The normalized spacial score (nSPS) is 14.1. The van der Waals surface area contributed by atoms with Crippen LogP contribution in [0.2, 0.25) is 0 Å². The zero-order valence-electron chi connectivity index (χ0n) is 13.9. The van der Waals surface area contributed by atoms with Crippen molar-refractivity contribution < 1.29 is 38.4 Å². The maximum absolute atomic E-state index is 12.2. The lowest BCUT2D eigenvalue weighted by atomic mass is 10.1. The highest BCUT2D eigenvalue weighted by Gasteiger charge is 2.33. The first-order valence-corrected chi connectivity index (χ1v) is 7.11. The van der Waals surface area contributed by atoms with Crippen LogP contribution in [-0.2, 0) is 28.5 Å². The summed E-state index contributed by atoms with van der Waals surface area (Å²) in [7, 11) is 3.55. The summed E-state index contributed by atoms with van der Waals surface area (Å²) in [4.78, 5) is 36.9. The minimum Gasteiger partial charge on any atom is -0.506 e. The molecule has 0 saturated heterocycles. The number of nitrogens with zero attached hydrogens (tertiary/aromatic N) is 1. The fourth-order valence-corrected chi connectivity index (χ4v) is 2.33. The Morgan fingerprint density at radius 2 is 1.68 bits per heavy atom. The molecule has 9 nitrogen and oxygen atoms in total. The fourth-order valence-electron chi connectivity index (χ4n) is 2.33. The van der Waals surface area contributed by atoms with Crippen molar-refractivity contribution in [2.75, 3.05) is 39.6 Å². The summed E-state index contributed by atoms with van der Waals surface area (Å²) in [6, 6.07) is 3.98. The molecule has 134 valence electrons. The smallest absolute Gasteiger partial charge is 0.355 e. The third-order valence-electron chi connectivity index (χ3n) is 3.52. The van der Waals surface area contributed by atoms with E-state index in [2.05, 4.69) is 9.47 Å². The number of carbonyl (C=O) groups is 3. The predicted octanol–water partition coefficient (Wildman–Crippen LogP) is 0.573. The highest BCUT2D eigenvalue weighted by molar-refractivity contribution is 6.03. The first-order chi connectivity index (χ1) is 11.9. The molecule has 9 heteroatoms. The number of rotatable bonds is 4. The number of methoxy groups -OCH3 is 3. The molecule has 0 amide bonds. The highest BCUT2D eigenvalue weighted by atomic mass is 16.5.